The highest BCUT2D eigenvalue weighted by Gasteiger charge is 2.25. The van der Waals surface area contributed by atoms with E-state index in [0.29, 0.717) is 6.61 Å². The molecule has 106 valence electrons. The first-order valence-corrected chi connectivity index (χ1v) is 7.29. The monoisotopic (exact) mass is 272 g/mol. The van der Waals surface area contributed by atoms with Crippen LogP contribution in [0.3, 0.4) is 0 Å². The quantitative estimate of drug-likeness (QED) is 0.841. The Morgan fingerprint density at radius 1 is 1.35 bits per heavy atom. The van der Waals surface area contributed by atoms with Crippen LogP contribution in [0.4, 0.5) is 0 Å². The number of H-pyrrole nitrogens is 1. The lowest BCUT2D eigenvalue weighted by Crippen LogP contribution is -2.31. The molecule has 1 aliphatic rings. The number of nitrogens with one attached hydrogen (secondary N) is 2. The molecule has 0 amide bonds. The summed E-state index contributed by atoms with van der Waals surface area (Å²) >= 11 is 0. The number of carbonyl (C=O) groups excluding carboxylic acids is 1. The molecule has 0 spiro atoms. The smallest absolute Gasteiger partial charge is 0.168 e. The lowest BCUT2D eigenvalue weighted by Gasteiger charge is -2.21. The molecule has 0 atom stereocenters. The number of aromatic amines is 1. The van der Waals surface area contributed by atoms with E-state index in [2.05, 4.69) is 10.3 Å². The van der Waals surface area contributed by atoms with Crippen molar-refractivity contribution in [1.82, 2.24) is 10.3 Å². The van der Waals surface area contributed by atoms with Crippen molar-refractivity contribution in [3.8, 4) is 5.75 Å². The summed E-state index contributed by atoms with van der Waals surface area (Å²) in [6.07, 6.45) is 3.67. The fourth-order valence-electron chi connectivity index (χ4n) is 2.93. The number of Topliss-reactive ketones (excluding diaryl/α,β-unsaturated/α-hetero) is 1. The van der Waals surface area contributed by atoms with E-state index in [1.807, 2.05) is 31.3 Å². The van der Waals surface area contributed by atoms with E-state index in [0.717, 1.165) is 48.1 Å². The van der Waals surface area contributed by atoms with Gasteiger partial charge >= 0.3 is 0 Å². The zero-order valence-corrected chi connectivity index (χ0v) is 11.7. The van der Waals surface area contributed by atoms with Crippen LogP contribution in [-0.4, -0.2) is 30.5 Å². The molecule has 2 N–H and O–H groups in total. The van der Waals surface area contributed by atoms with Crippen LogP contribution in [0, 0.1) is 5.92 Å². The predicted octanol–water partition coefficient (Wildman–Crippen LogP) is 2.75. The standard InChI is InChI=1S/C16H20N2O2/c1-2-20-14-5-3-4-13-15(14)12(10-18-13)16(19)11-6-8-17-9-7-11/h3-5,10-11,17-18H,2,6-9H2,1H3. The van der Waals surface area contributed by atoms with E-state index in [4.69, 9.17) is 4.74 Å². The highest BCUT2D eigenvalue weighted by molar-refractivity contribution is 6.10. The van der Waals surface area contributed by atoms with Crippen molar-refractivity contribution < 1.29 is 9.53 Å². The van der Waals surface area contributed by atoms with E-state index in [1.54, 1.807) is 0 Å². The van der Waals surface area contributed by atoms with Gasteiger partial charge in [0.15, 0.2) is 5.78 Å². The van der Waals surface area contributed by atoms with Crippen molar-refractivity contribution in [1.29, 1.82) is 0 Å². The highest BCUT2D eigenvalue weighted by Crippen LogP contribution is 2.31. The molecule has 2 aromatic rings. The average Bonchev–Trinajstić information content (AvgIpc) is 2.93. The second-order valence-corrected chi connectivity index (χ2v) is 5.20. The third-order valence-electron chi connectivity index (χ3n) is 3.94. The highest BCUT2D eigenvalue weighted by atomic mass is 16.5. The molecule has 4 heteroatoms. The molecule has 0 bridgehead atoms. The number of rotatable bonds is 4. The molecule has 1 saturated heterocycles. The fraction of sp³-hybridized carbons (Fsp3) is 0.438. The lowest BCUT2D eigenvalue weighted by atomic mass is 9.89. The molecule has 2 heterocycles. The first kappa shape index (κ1) is 13.2. The molecular formula is C16H20N2O2. The van der Waals surface area contributed by atoms with Crippen LogP contribution in [0.5, 0.6) is 5.75 Å². The van der Waals surface area contributed by atoms with Gasteiger partial charge in [0.05, 0.1) is 12.0 Å². The van der Waals surface area contributed by atoms with Crippen molar-refractivity contribution >= 4 is 16.7 Å². The number of hydrogen-bond donors (Lipinski definition) is 2. The number of ketones is 1. The second kappa shape index (κ2) is 5.67. The van der Waals surface area contributed by atoms with E-state index in [-0.39, 0.29) is 11.7 Å². The summed E-state index contributed by atoms with van der Waals surface area (Å²) in [5, 5.41) is 4.23. The minimum atomic E-state index is 0.130. The summed E-state index contributed by atoms with van der Waals surface area (Å²) in [5.74, 6) is 1.17. The Morgan fingerprint density at radius 3 is 2.90 bits per heavy atom. The number of piperidine rings is 1. The number of hydrogen-bond acceptors (Lipinski definition) is 3. The molecule has 1 aromatic carbocycles. The van der Waals surface area contributed by atoms with E-state index >= 15 is 0 Å². The molecule has 0 radical (unpaired) electrons. The lowest BCUT2D eigenvalue weighted by molar-refractivity contribution is 0.0896. The van der Waals surface area contributed by atoms with E-state index < -0.39 is 0 Å². The van der Waals surface area contributed by atoms with Crippen molar-refractivity contribution in [3.63, 3.8) is 0 Å². The molecule has 1 fully saturated rings. The largest absolute Gasteiger partial charge is 0.493 e. The van der Waals surface area contributed by atoms with Crippen LogP contribution in [-0.2, 0) is 0 Å². The second-order valence-electron chi connectivity index (χ2n) is 5.20. The maximum atomic E-state index is 12.7. The van der Waals surface area contributed by atoms with Gasteiger partial charge < -0.3 is 15.0 Å². The normalized spacial score (nSPS) is 16.4. The Balaban J connectivity index is 2.00. The number of ether oxygens (including phenoxy) is 1. The maximum Gasteiger partial charge on any atom is 0.168 e. The van der Waals surface area contributed by atoms with Gasteiger partial charge in [-0.25, -0.2) is 0 Å². The van der Waals surface area contributed by atoms with Crippen LogP contribution >= 0.6 is 0 Å². The number of aromatic nitrogens is 1. The van der Waals surface area contributed by atoms with Gasteiger partial charge in [-0.3, -0.25) is 4.79 Å². The van der Waals surface area contributed by atoms with Gasteiger partial charge in [0.1, 0.15) is 5.75 Å². The SMILES string of the molecule is CCOc1cccc2[nH]cc(C(=O)C3CCNCC3)c12. The molecule has 4 nitrogen and oxygen atoms in total. The molecule has 1 aliphatic heterocycles. The molecule has 3 rings (SSSR count). The van der Waals surface area contributed by atoms with E-state index in [9.17, 15) is 4.79 Å². The maximum absolute atomic E-state index is 12.7. The Morgan fingerprint density at radius 2 is 2.15 bits per heavy atom. The van der Waals surface area contributed by atoms with E-state index in [1.165, 1.54) is 0 Å². The van der Waals surface area contributed by atoms with Gasteiger partial charge in [-0.05, 0) is 45.0 Å². The predicted molar refractivity (Wildman–Crippen MR) is 79.4 cm³/mol. The number of benzene rings is 1. The van der Waals surface area contributed by atoms with Crippen molar-refractivity contribution in [2.45, 2.75) is 19.8 Å². The third-order valence-corrected chi connectivity index (χ3v) is 3.94. The Bertz CT molecular complexity index is 612. The van der Waals surface area contributed by atoms with Crippen LogP contribution in [0.1, 0.15) is 30.1 Å². The Kier molecular flexibility index (Phi) is 3.74. The van der Waals surface area contributed by atoms with Crippen molar-refractivity contribution in [2.75, 3.05) is 19.7 Å². The van der Waals surface area contributed by atoms with Crippen molar-refractivity contribution in [2.24, 2.45) is 5.92 Å². The topological polar surface area (TPSA) is 54.1 Å². The first-order valence-electron chi connectivity index (χ1n) is 7.29. The van der Waals surface area contributed by atoms with Gasteiger partial charge in [0.2, 0.25) is 0 Å². The summed E-state index contributed by atoms with van der Waals surface area (Å²) in [6, 6.07) is 5.86. The van der Waals surface area contributed by atoms with Gasteiger partial charge in [-0.15, -0.1) is 0 Å². The fourth-order valence-corrected chi connectivity index (χ4v) is 2.93. The Hall–Kier alpha value is -1.81. The number of fused-ring (bicyclic) bond motifs is 1. The third kappa shape index (κ3) is 2.31. The zero-order chi connectivity index (χ0) is 13.9. The molecule has 0 saturated carbocycles. The number of carbonyl (C=O) groups is 1. The molecule has 0 unspecified atom stereocenters. The molecule has 20 heavy (non-hydrogen) atoms. The minimum absolute atomic E-state index is 0.130. The van der Waals surface area contributed by atoms with Gasteiger partial charge in [-0.2, -0.15) is 0 Å². The molecule has 1 aromatic heterocycles. The summed E-state index contributed by atoms with van der Waals surface area (Å²) in [6.45, 7) is 4.42. The summed E-state index contributed by atoms with van der Waals surface area (Å²) in [4.78, 5) is 15.9. The Labute approximate surface area is 118 Å². The van der Waals surface area contributed by atoms with Crippen LogP contribution in [0.2, 0.25) is 0 Å². The van der Waals surface area contributed by atoms with Gasteiger partial charge in [0, 0.05) is 23.2 Å². The van der Waals surface area contributed by atoms with Crippen LogP contribution < -0.4 is 10.1 Å². The molecule has 0 aliphatic carbocycles. The van der Waals surface area contributed by atoms with Crippen LogP contribution in [0.15, 0.2) is 24.4 Å². The summed E-state index contributed by atoms with van der Waals surface area (Å²) in [7, 11) is 0. The average molecular weight is 272 g/mol. The first-order chi connectivity index (χ1) is 9.81. The van der Waals surface area contributed by atoms with Gasteiger partial charge in [0.25, 0.3) is 0 Å². The zero-order valence-electron chi connectivity index (χ0n) is 11.7. The summed E-state index contributed by atoms with van der Waals surface area (Å²) < 4.78 is 5.67. The van der Waals surface area contributed by atoms with Gasteiger partial charge in [-0.1, -0.05) is 6.07 Å². The summed E-state index contributed by atoms with van der Waals surface area (Å²) in [5.41, 5.74) is 1.74. The molecular weight excluding hydrogens is 252 g/mol. The van der Waals surface area contributed by atoms with Crippen LogP contribution in [0.25, 0.3) is 10.9 Å². The minimum Gasteiger partial charge on any atom is -0.493 e. The van der Waals surface area contributed by atoms with Crippen molar-refractivity contribution in [3.05, 3.63) is 30.0 Å².